The first kappa shape index (κ1) is 12.8. The number of Topliss-reactive ketones (excluding diaryl/α,β-unsaturated/α-hetero) is 1. The Labute approximate surface area is 107 Å². The zero-order chi connectivity index (χ0) is 13.3. The van der Waals surface area contributed by atoms with Gasteiger partial charge in [0.25, 0.3) is 0 Å². The molecule has 3 heteroatoms. The van der Waals surface area contributed by atoms with Crippen LogP contribution in [0.2, 0.25) is 0 Å². The fraction of sp³-hybridized carbons (Fsp3) is 0.467. The molecule has 0 amide bonds. The molecule has 96 valence electrons. The minimum absolute atomic E-state index is 0.0989. The Morgan fingerprint density at radius 1 is 1.11 bits per heavy atom. The zero-order valence-corrected chi connectivity index (χ0v) is 10.8. The van der Waals surface area contributed by atoms with Crippen LogP contribution in [0, 0.1) is 25.7 Å². The molecule has 0 bridgehead atoms. The molecular formula is C15H18O3. The number of hydrogen-bond donors (Lipinski definition) is 1. The number of hydrogen-bond acceptors (Lipinski definition) is 2. The molecule has 2 atom stereocenters. The first-order chi connectivity index (χ1) is 8.49. The number of benzene rings is 1. The molecule has 1 aromatic carbocycles. The van der Waals surface area contributed by atoms with Gasteiger partial charge in [0, 0.05) is 11.5 Å². The van der Waals surface area contributed by atoms with Crippen molar-refractivity contribution in [3.63, 3.8) is 0 Å². The molecule has 0 saturated heterocycles. The van der Waals surface area contributed by atoms with Crippen molar-refractivity contribution in [3.8, 4) is 0 Å². The molecule has 1 aliphatic carbocycles. The fourth-order valence-corrected chi connectivity index (χ4v) is 2.57. The summed E-state index contributed by atoms with van der Waals surface area (Å²) < 4.78 is 0. The SMILES string of the molecule is Cc1ccc(C(=O)C2CCC(C(=O)O)C2)cc1C. The maximum atomic E-state index is 12.3. The Bertz CT molecular complexity index is 491. The topological polar surface area (TPSA) is 54.4 Å². The number of carboxylic acid groups (broad SMARTS) is 1. The van der Waals surface area contributed by atoms with E-state index in [9.17, 15) is 9.59 Å². The summed E-state index contributed by atoms with van der Waals surface area (Å²) in [5.74, 6) is -1.13. The van der Waals surface area contributed by atoms with Crippen molar-refractivity contribution >= 4 is 11.8 Å². The molecule has 2 unspecified atom stereocenters. The smallest absolute Gasteiger partial charge is 0.306 e. The summed E-state index contributed by atoms with van der Waals surface area (Å²) in [6, 6.07) is 5.71. The van der Waals surface area contributed by atoms with Crippen molar-refractivity contribution in [1.82, 2.24) is 0 Å². The van der Waals surface area contributed by atoms with Gasteiger partial charge < -0.3 is 5.11 Å². The van der Waals surface area contributed by atoms with Crippen molar-refractivity contribution in [2.45, 2.75) is 33.1 Å². The van der Waals surface area contributed by atoms with E-state index in [-0.39, 0.29) is 17.6 Å². The Hall–Kier alpha value is -1.64. The van der Waals surface area contributed by atoms with Crippen LogP contribution >= 0.6 is 0 Å². The average molecular weight is 246 g/mol. The number of carbonyl (C=O) groups excluding carboxylic acids is 1. The second-order valence-electron chi connectivity index (χ2n) is 5.21. The van der Waals surface area contributed by atoms with Crippen molar-refractivity contribution in [1.29, 1.82) is 0 Å². The van der Waals surface area contributed by atoms with Crippen molar-refractivity contribution < 1.29 is 14.7 Å². The monoisotopic (exact) mass is 246 g/mol. The third-order valence-corrected chi connectivity index (χ3v) is 3.94. The highest BCUT2D eigenvalue weighted by Gasteiger charge is 2.34. The number of aryl methyl sites for hydroxylation is 2. The van der Waals surface area contributed by atoms with E-state index >= 15 is 0 Å². The van der Waals surface area contributed by atoms with E-state index in [2.05, 4.69) is 0 Å². The summed E-state index contributed by atoms with van der Waals surface area (Å²) in [5.41, 5.74) is 2.99. The molecule has 1 saturated carbocycles. The van der Waals surface area contributed by atoms with Gasteiger partial charge in [0.15, 0.2) is 5.78 Å². The van der Waals surface area contributed by atoms with Crippen LogP contribution < -0.4 is 0 Å². The van der Waals surface area contributed by atoms with Gasteiger partial charge in [0.2, 0.25) is 0 Å². The van der Waals surface area contributed by atoms with Crippen LogP contribution in [0.15, 0.2) is 18.2 Å². The van der Waals surface area contributed by atoms with Gasteiger partial charge in [-0.1, -0.05) is 12.1 Å². The number of aliphatic carboxylic acids is 1. The van der Waals surface area contributed by atoms with Gasteiger partial charge in [-0.05, 0) is 50.3 Å². The van der Waals surface area contributed by atoms with Crippen LogP contribution in [0.4, 0.5) is 0 Å². The normalized spacial score (nSPS) is 23.0. The highest BCUT2D eigenvalue weighted by Crippen LogP contribution is 2.33. The Morgan fingerprint density at radius 2 is 1.78 bits per heavy atom. The minimum Gasteiger partial charge on any atom is -0.481 e. The number of carboxylic acids is 1. The van der Waals surface area contributed by atoms with Crippen LogP contribution in [-0.4, -0.2) is 16.9 Å². The molecule has 0 aromatic heterocycles. The summed E-state index contributed by atoms with van der Waals surface area (Å²) in [6.45, 7) is 4.00. The lowest BCUT2D eigenvalue weighted by Crippen LogP contribution is -2.14. The first-order valence-corrected chi connectivity index (χ1v) is 6.33. The number of ketones is 1. The fourth-order valence-electron chi connectivity index (χ4n) is 2.57. The summed E-state index contributed by atoms with van der Waals surface area (Å²) in [7, 11) is 0. The summed E-state index contributed by atoms with van der Waals surface area (Å²) in [6.07, 6.45) is 1.81. The third kappa shape index (κ3) is 2.45. The molecule has 1 fully saturated rings. The van der Waals surface area contributed by atoms with Crippen molar-refractivity contribution in [2.24, 2.45) is 11.8 Å². The Kier molecular flexibility index (Phi) is 3.50. The molecule has 0 heterocycles. The highest BCUT2D eigenvalue weighted by molar-refractivity contribution is 5.98. The summed E-state index contributed by atoms with van der Waals surface area (Å²) in [4.78, 5) is 23.2. The summed E-state index contributed by atoms with van der Waals surface area (Å²) in [5, 5.41) is 8.95. The van der Waals surface area contributed by atoms with E-state index in [1.165, 1.54) is 5.56 Å². The molecule has 0 aliphatic heterocycles. The van der Waals surface area contributed by atoms with Crippen LogP contribution in [-0.2, 0) is 4.79 Å². The molecule has 2 rings (SSSR count). The predicted octanol–water partition coefficient (Wildman–Crippen LogP) is 2.99. The second kappa shape index (κ2) is 4.92. The van der Waals surface area contributed by atoms with Crippen molar-refractivity contribution in [3.05, 3.63) is 34.9 Å². The van der Waals surface area contributed by atoms with E-state index in [1.807, 2.05) is 32.0 Å². The lowest BCUT2D eigenvalue weighted by molar-refractivity contribution is -0.141. The van der Waals surface area contributed by atoms with E-state index in [0.29, 0.717) is 24.8 Å². The van der Waals surface area contributed by atoms with Gasteiger partial charge in [0.05, 0.1) is 5.92 Å². The van der Waals surface area contributed by atoms with E-state index < -0.39 is 5.97 Å². The van der Waals surface area contributed by atoms with Gasteiger partial charge in [-0.25, -0.2) is 0 Å². The van der Waals surface area contributed by atoms with Gasteiger partial charge in [-0.15, -0.1) is 0 Å². The molecule has 1 aliphatic rings. The zero-order valence-electron chi connectivity index (χ0n) is 10.8. The van der Waals surface area contributed by atoms with E-state index in [0.717, 1.165) is 5.56 Å². The van der Waals surface area contributed by atoms with Crippen LogP contribution in [0.5, 0.6) is 0 Å². The molecular weight excluding hydrogens is 228 g/mol. The van der Waals surface area contributed by atoms with E-state index in [4.69, 9.17) is 5.11 Å². The van der Waals surface area contributed by atoms with E-state index in [1.54, 1.807) is 0 Å². The Morgan fingerprint density at radius 3 is 2.33 bits per heavy atom. The van der Waals surface area contributed by atoms with Gasteiger partial charge >= 0.3 is 5.97 Å². The van der Waals surface area contributed by atoms with Crippen LogP contribution in [0.25, 0.3) is 0 Å². The van der Waals surface area contributed by atoms with Crippen LogP contribution in [0.1, 0.15) is 40.7 Å². The quantitative estimate of drug-likeness (QED) is 0.834. The lowest BCUT2D eigenvalue weighted by atomic mass is 9.93. The second-order valence-corrected chi connectivity index (χ2v) is 5.21. The molecule has 1 N–H and O–H groups in total. The standard InChI is InChI=1S/C15H18O3/c1-9-3-4-11(7-10(9)2)14(16)12-5-6-13(8-12)15(17)18/h3-4,7,12-13H,5-6,8H2,1-2H3,(H,17,18). The van der Waals surface area contributed by atoms with Crippen LogP contribution in [0.3, 0.4) is 0 Å². The first-order valence-electron chi connectivity index (χ1n) is 6.33. The molecule has 0 spiro atoms. The lowest BCUT2D eigenvalue weighted by Gasteiger charge is -2.10. The highest BCUT2D eigenvalue weighted by atomic mass is 16.4. The van der Waals surface area contributed by atoms with Crippen molar-refractivity contribution in [2.75, 3.05) is 0 Å². The third-order valence-electron chi connectivity index (χ3n) is 3.94. The summed E-state index contributed by atoms with van der Waals surface area (Å²) >= 11 is 0. The molecule has 1 aromatic rings. The number of carbonyl (C=O) groups is 2. The number of rotatable bonds is 3. The molecule has 18 heavy (non-hydrogen) atoms. The van der Waals surface area contributed by atoms with Gasteiger partial charge in [-0.3, -0.25) is 9.59 Å². The Balaban J connectivity index is 2.12. The van der Waals surface area contributed by atoms with Gasteiger partial charge in [0.1, 0.15) is 0 Å². The molecule has 3 nitrogen and oxygen atoms in total. The average Bonchev–Trinajstić information content (AvgIpc) is 2.81. The molecule has 0 radical (unpaired) electrons. The minimum atomic E-state index is -0.773. The largest absolute Gasteiger partial charge is 0.481 e. The predicted molar refractivity (Wildman–Crippen MR) is 68.7 cm³/mol. The van der Waals surface area contributed by atoms with Gasteiger partial charge in [-0.2, -0.15) is 0 Å². The maximum Gasteiger partial charge on any atom is 0.306 e. The maximum absolute atomic E-state index is 12.3.